The van der Waals surface area contributed by atoms with Gasteiger partial charge in [0.2, 0.25) is 15.9 Å². The van der Waals surface area contributed by atoms with Gasteiger partial charge >= 0.3 is 6.03 Å². The van der Waals surface area contributed by atoms with Crippen LogP contribution in [0.1, 0.15) is 51.5 Å². The van der Waals surface area contributed by atoms with Gasteiger partial charge in [-0.25, -0.2) is 17.9 Å². The average molecular weight is 420 g/mol. The molecule has 1 heterocycles. The zero-order chi connectivity index (χ0) is 20.8. The van der Waals surface area contributed by atoms with Crippen molar-refractivity contribution in [2.75, 3.05) is 6.54 Å². The minimum Gasteiger partial charge on any atom is -0.316 e. The summed E-state index contributed by atoms with van der Waals surface area (Å²) in [7, 11) is -3.49. The van der Waals surface area contributed by atoms with Crippen LogP contribution in [0.5, 0.6) is 0 Å². The van der Waals surface area contributed by atoms with E-state index in [-0.39, 0.29) is 29.9 Å². The van der Waals surface area contributed by atoms with Crippen molar-refractivity contribution in [3.8, 4) is 0 Å². The molecule has 158 valence electrons. The van der Waals surface area contributed by atoms with Crippen LogP contribution in [0.2, 0.25) is 0 Å². The van der Waals surface area contributed by atoms with Crippen LogP contribution in [-0.4, -0.2) is 53.5 Å². The topological polar surface area (TPSA) is 86.8 Å². The standard InChI is InChI=1S/C21H29N3O4S/c1-3-23-19(25)17-13-16(29(27,28)22-21(2)11-12-21)9-10-18(17)24(20(23)26)14-15-7-5-4-6-8-15/h4-8,16-18,22H,3,9-14H2,1-2H3. The summed E-state index contributed by atoms with van der Waals surface area (Å²) in [6, 6.07) is 9.19. The highest BCUT2D eigenvalue weighted by Crippen LogP contribution is 2.40. The van der Waals surface area contributed by atoms with E-state index in [1.807, 2.05) is 37.3 Å². The number of rotatable bonds is 6. The molecule has 29 heavy (non-hydrogen) atoms. The number of nitrogens with one attached hydrogen (secondary N) is 1. The van der Waals surface area contributed by atoms with Gasteiger partial charge in [-0.3, -0.25) is 9.69 Å². The van der Waals surface area contributed by atoms with Crippen LogP contribution in [0.15, 0.2) is 30.3 Å². The molecular formula is C21H29N3O4S. The van der Waals surface area contributed by atoms with Gasteiger partial charge in [0.1, 0.15) is 0 Å². The van der Waals surface area contributed by atoms with E-state index in [0.29, 0.717) is 25.9 Å². The molecular weight excluding hydrogens is 390 g/mol. The Labute approximate surface area is 172 Å². The van der Waals surface area contributed by atoms with Gasteiger partial charge in [0.25, 0.3) is 0 Å². The summed E-state index contributed by atoms with van der Waals surface area (Å²) < 4.78 is 28.6. The number of amides is 3. The second-order valence-corrected chi connectivity index (χ2v) is 10.8. The minimum atomic E-state index is -3.49. The number of urea groups is 1. The van der Waals surface area contributed by atoms with Gasteiger partial charge in [-0.05, 0) is 51.5 Å². The van der Waals surface area contributed by atoms with Crippen molar-refractivity contribution < 1.29 is 18.0 Å². The van der Waals surface area contributed by atoms with Gasteiger partial charge in [0, 0.05) is 24.7 Å². The van der Waals surface area contributed by atoms with Crippen LogP contribution in [-0.2, 0) is 21.4 Å². The molecule has 0 spiro atoms. The van der Waals surface area contributed by atoms with Crippen molar-refractivity contribution in [3.05, 3.63) is 35.9 Å². The first-order chi connectivity index (χ1) is 13.7. The fraction of sp³-hybridized carbons (Fsp3) is 0.619. The Morgan fingerprint density at radius 3 is 2.45 bits per heavy atom. The maximum Gasteiger partial charge on any atom is 0.327 e. The van der Waals surface area contributed by atoms with Crippen LogP contribution in [0, 0.1) is 5.92 Å². The lowest BCUT2D eigenvalue weighted by Gasteiger charge is -2.48. The summed E-state index contributed by atoms with van der Waals surface area (Å²) in [5.41, 5.74) is 0.680. The fourth-order valence-electron chi connectivity index (χ4n) is 4.60. The average Bonchev–Trinajstić information content (AvgIpc) is 3.41. The lowest BCUT2D eigenvalue weighted by atomic mass is 9.80. The lowest BCUT2D eigenvalue weighted by molar-refractivity contribution is -0.140. The second-order valence-electron chi connectivity index (χ2n) is 8.80. The number of sulfonamides is 1. The van der Waals surface area contributed by atoms with Crippen molar-refractivity contribution in [1.82, 2.24) is 14.5 Å². The molecule has 1 aliphatic heterocycles. The van der Waals surface area contributed by atoms with Crippen LogP contribution in [0.4, 0.5) is 4.79 Å². The maximum absolute atomic E-state index is 13.0. The van der Waals surface area contributed by atoms with E-state index in [9.17, 15) is 18.0 Å². The van der Waals surface area contributed by atoms with Crippen molar-refractivity contribution in [2.45, 2.75) is 69.3 Å². The van der Waals surface area contributed by atoms with Gasteiger partial charge in [-0.15, -0.1) is 0 Å². The van der Waals surface area contributed by atoms with Gasteiger partial charge in [0.15, 0.2) is 0 Å². The van der Waals surface area contributed by atoms with Crippen molar-refractivity contribution in [1.29, 1.82) is 0 Å². The Hall–Kier alpha value is -1.93. The fourth-order valence-corrected chi connectivity index (χ4v) is 6.56. The third-order valence-corrected chi connectivity index (χ3v) is 8.65. The van der Waals surface area contributed by atoms with Crippen molar-refractivity contribution in [2.24, 2.45) is 5.92 Å². The minimum absolute atomic E-state index is 0.232. The quantitative estimate of drug-likeness (QED) is 0.767. The molecule has 4 rings (SSSR count). The highest BCUT2D eigenvalue weighted by Gasteiger charge is 2.51. The smallest absolute Gasteiger partial charge is 0.316 e. The molecule has 0 bridgehead atoms. The normalized spacial score (nSPS) is 29.0. The summed E-state index contributed by atoms with van der Waals surface area (Å²) in [4.78, 5) is 29.1. The van der Waals surface area contributed by atoms with Crippen LogP contribution in [0.3, 0.4) is 0 Å². The Kier molecular flexibility index (Phi) is 5.19. The summed E-state index contributed by atoms with van der Waals surface area (Å²) in [5, 5.41) is -0.587. The van der Waals surface area contributed by atoms with E-state index < -0.39 is 21.2 Å². The summed E-state index contributed by atoms with van der Waals surface area (Å²) in [5.74, 6) is -0.706. The highest BCUT2D eigenvalue weighted by atomic mass is 32.2. The Morgan fingerprint density at radius 1 is 1.14 bits per heavy atom. The number of hydrogen-bond acceptors (Lipinski definition) is 4. The molecule has 0 radical (unpaired) electrons. The monoisotopic (exact) mass is 419 g/mol. The Bertz CT molecular complexity index is 898. The van der Waals surface area contributed by atoms with E-state index in [1.54, 1.807) is 11.8 Å². The molecule has 2 saturated carbocycles. The van der Waals surface area contributed by atoms with Gasteiger partial charge in [0.05, 0.1) is 11.2 Å². The molecule has 1 aromatic rings. The Balaban J connectivity index is 1.57. The third kappa shape index (κ3) is 3.92. The maximum atomic E-state index is 13.0. The molecule has 2 aliphatic carbocycles. The van der Waals surface area contributed by atoms with E-state index in [2.05, 4.69) is 4.72 Å². The first-order valence-corrected chi connectivity index (χ1v) is 12.0. The van der Waals surface area contributed by atoms with Crippen LogP contribution < -0.4 is 4.72 Å². The number of hydrogen-bond donors (Lipinski definition) is 1. The third-order valence-electron chi connectivity index (χ3n) is 6.57. The molecule has 0 aromatic heterocycles. The molecule has 3 aliphatic rings. The number of carbonyl (C=O) groups excluding carboxylic acids is 2. The summed E-state index contributed by atoms with van der Waals surface area (Å²) in [6.07, 6.45) is 2.96. The zero-order valence-corrected chi connectivity index (χ0v) is 17.8. The van der Waals surface area contributed by atoms with E-state index in [4.69, 9.17) is 0 Å². The van der Waals surface area contributed by atoms with E-state index in [1.165, 1.54) is 4.90 Å². The molecule has 8 heteroatoms. The molecule has 7 nitrogen and oxygen atoms in total. The van der Waals surface area contributed by atoms with Crippen molar-refractivity contribution >= 4 is 22.0 Å². The van der Waals surface area contributed by atoms with Crippen LogP contribution in [0.25, 0.3) is 0 Å². The largest absolute Gasteiger partial charge is 0.327 e. The summed E-state index contributed by atoms with van der Waals surface area (Å²) in [6.45, 7) is 4.42. The number of imide groups is 1. The molecule has 1 aromatic carbocycles. The summed E-state index contributed by atoms with van der Waals surface area (Å²) >= 11 is 0. The van der Waals surface area contributed by atoms with Gasteiger partial charge < -0.3 is 4.90 Å². The predicted molar refractivity (Wildman–Crippen MR) is 109 cm³/mol. The second kappa shape index (κ2) is 7.40. The molecule has 3 atom stereocenters. The zero-order valence-electron chi connectivity index (χ0n) is 17.0. The van der Waals surface area contributed by atoms with Gasteiger partial charge in [-0.1, -0.05) is 30.3 Å². The SMILES string of the molecule is CCN1C(=O)C2CC(S(=O)(=O)NC3(C)CC3)CCC2N(Cc2ccccc2)C1=O. The Morgan fingerprint density at radius 2 is 1.83 bits per heavy atom. The van der Waals surface area contributed by atoms with Crippen molar-refractivity contribution in [3.63, 3.8) is 0 Å². The number of carbonyl (C=O) groups is 2. The first-order valence-electron chi connectivity index (χ1n) is 10.4. The van der Waals surface area contributed by atoms with E-state index in [0.717, 1.165) is 18.4 Å². The molecule has 1 saturated heterocycles. The highest BCUT2D eigenvalue weighted by molar-refractivity contribution is 7.90. The molecule has 3 unspecified atom stereocenters. The molecule has 1 N–H and O–H groups in total. The molecule has 3 amide bonds. The molecule has 3 fully saturated rings. The predicted octanol–water partition coefficient (Wildman–Crippen LogP) is 2.48. The number of nitrogens with zero attached hydrogens (tertiary/aromatic N) is 2. The number of fused-ring (bicyclic) bond motifs is 1. The first kappa shape index (κ1) is 20.3. The number of benzene rings is 1. The van der Waals surface area contributed by atoms with Gasteiger partial charge in [-0.2, -0.15) is 0 Å². The van der Waals surface area contributed by atoms with E-state index >= 15 is 0 Å². The lowest BCUT2D eigenvalue weighted by Crippen LogP contribution is -2.63. The van der Waals surface area contributed by atoms with Crippen LogP contribution >= 0.6 is 0 Å².